The van der Waals surface area contributed by atoms with E-state index >= 15 is 0 Å². The SMILES string of the molecule is Cc1nn(C[C@@H](O)CN2CCC(C)CC2)cc1Br. The number of hydrogen-bond donors (Lipinski definition) is 1. The van der Waals surface area contributed by atoms with Crippen molar-refractivity contribution in [2.24, 2.45) is 5.92 Å². The van der Waals surface area contributed by atoms with Crippen molar-refractivity contribution >= 4 is 15.9 Å². The normalized spacial score (nSPS) is 20.2. The zero-order valence-electron chi connectivity index (χ0n) is 11.1. The van der Waals surface area contributed by atoms with E-state index in [0.29, 0.717) is 6.54 Å². The molecule has 18 heavy (non-hydrogen) atoms. The minimum atomic E-state index is -0.343. The largest absolute Gasteiger partial charge is 0.390 e. The van der Waals surface area contributed by atoms with E-state index in [-0.39, 0.29) is 6.10 Å². The standard InChI is InChI=1S/C13H22BrN3O/c1-10-3-5-16(6-4-10)7-12(18)8-17-9-13(14)11(2)15-17/h9-10,12,18H,3-8H2,1-2H3/t12-/m0/s1. The summed E-state index contributed by atoms with van der Waals surface area (Å²) in [6.45, 7) is 7.80. The highest BCUT2D eigenvalue weighted by Crippen LogP contribution is 2.17. The van der Waals surface area contributed by atoms with E-state index in [0.717, 1.165) is 35.7 Å². The second-order valence-corrected chi connectivity index (χ2v) is 6.28. The molecule has 0 bridgehead atoms. The average Bonchev–Trinajstić information content (AvgIpc) is 2.61. The first kappa shape index (κ1) is 14.0. The number of aliphatic hydroxyl groups excluding tert-OH is 1. The topological polar surface area (TPSA) is 41.3 Å². The van der Waals surface area contributed by atoms with Gasteiger partial charge in [-0.2, -0.15) is 5.10 Å². The molecule has 0 radical (unpaired) electrons. The number of β-amino-alcohol motifs (C(OH)–C–C–N with tert-alkyl or cyclic N) is 1. The number of likely N-dealkylation sites (tertiary alicyclic amines) is 1. The van der Waals surface area contributed by atoms with Crippen molar-refractivity contribution in [1.82, 2.24) is 14.7 Å². The molecule has 1 N–H and O–H groups in total. The van der Waals surface area contributed by atoms with Gasteiger partial charge in [-0.3, -0.25) is 4.68 Å². The quantitative estimate of drug-likeness (QED) is 0.924. The number of hydrogen-bond acceptors (Lipinski definition) is 3. The van der Waals surface area contributed by atoms with Gasteiger partial charge < -0.3 is 10.0 Å². The van der Waals surface area contributed by atoms with Gasteiger partial charge in [-0.1, -0.05) is 6.92 Å². The molecule has 0 amide bonds. The van der Waals surface area contributed by atoms with Crippen LogP contribution < -0.4 is 0 Å². The summed E-state index contributed by atoms with van der Waals surface area (Å²) < 4.78 is 2.82. The van der Waals surface area contributed by atoms with Crippen LogP contribution in [0.15, 0.2) is 10.7 Å². The van der Waals surface area contributed by atoms with Crippen LogP contribution in [0.2, 0.25) is 0 Å². The van der Waals surface area contributed by atoms with Crippen molar-refractivity contribution in [1.29, 1.82) is 0 Å². The molecule has 1 aliphatic heterocycles. The van der Waals surface area contributed by atoms with E-state index in [4.69, 9.17) is 0 Å². The Morgan fingerprint density at radius 3 is 2.67 bits per heavy atom. The molecule has 4 nitrogen and oxygen atoms in total. The maximum absolute atomic E-state index is 10.1. The lowest BCUT2D eigenvalue weighted by atomic mass is 9.99. The highest BCUT2D eigenvalue weighted by molar-refractivity contribution is 9.10. The lowest BCUT2D eigenvalue weighted by Crippen LogP contribution is -2.39. The first-order valence-corrected chi connectivity index (χ1v) is 7.44. The van der Waals surface area contributed by atoms with Gasteiger partial charge in [0, 0.05) is 12.7 Å². The van der Waals surface area contributed by atoms with E-state index in [9.17, 15) is 5.11 Å². The second-order valence-electron chi connectivity index (χ2n) is 5.42. The summed E-state index contributed by atoms with van der Waals surface area (Å²) >= 11 is 3.44. The second kappa shape index (κ2) is 6.17. The predicted molar refractivity (Wildman–Crippen MR) is 75.5 cm³/mol. The maximum Gasteiger partial charge on any atom is 0.0862 e. The molecule has 1 aromatic heterocycles. The fourth-order valence-electron chi connectivity index (χ4n) is 2.40. The zero-order chi connectivity index (χ0) is 13.1. The Balaban J connectivity index is 1.79. The molecule has 1 atom stereocenters. The van der Waals surface area contributed by atoms with Crippen LogP contribution >= 0.6 is 15.9 Å². The molecule has 1 aromatic rings. The molecule has 102 valence electrons. The number of aliphatic hydroxyl groups is 1. The summed E-state index contributed by atoms with van der Waals surface area (Å²) in [5.74, 6) is 0.836. The Morgan fingerprint density at radius 2 is 2.11 bits per heavy atom. The number of rotatable bonds is 4. The summed E-state index contributed by atoms with van der Waals surface area (Å²) in [5, 5.41) is 14.4. The fourth-order valence-corrected chi connectivity index (χ4v) is 2.72. The van der Waals surface area contributed by atoms with Crippen LogP contribution in [0.25, 0.3) is 0 Å². The van der Waals surface area contributed by atoms with E-state index in [2.05, 4.69) is 32.9 Å². The van der Waals surface area contributed by atoms with Gasteiger partial charge in [0.2, 0.25) is 0 Å². The van der Waals surface area contributed by atoms with E-state index in [1.54, 1.807) is 0 Å². The van der Waals surface area contributed by atoms with Gasteiger partial charge in [-0.15, -0.1) is 0 Å². The number of aromatic nitrogens is 2. The zero-order valence-corrected chi connectivity index (χ0v) is 12.7. The molecule has 1 saturated heterocycles. The van der Waals surface area contributed by atoms with Crippen molar-refractivity contribution in [3.8, 4) is 0 Å². The van der Waals surface area contributed by atoms with E-state index in [1.807, 2.05) is 17.8 Å². The third-order valence-corrected chi connectivity index (χ3v) is 4.41. The Morgan fingerprint density at radius 1 is 1.44 bits per heavy atom. The van der Waals surface area contributed by atoms with Crippen molar-refractivity contribution in [2.75, 3.05) is 19.6 Å². The van der Waals surface area contributed by atoms with Crippen molar-refractivity contribution in [2.45, 2.75) is 39.3 Å². The first-order valence-electron chi connectivity index (χ1n) is 6.64. The van der Waals surface area contributed by atoms with E-state index in [1.165, 1.54) is 12.8 Å². The van der Waals surface area contributed by atoms with Crippen LogP contribution in [-0.4, -0.2) is 45.5 Å². The van der Waals surface area contributed by atoms with Crippen LogP contribution in [0.1, 0.15) is 25.5 Å². The van der Waals surface area contributed by atoms with Crippen molar-refractivity contribution < 1.29 is 5.11 Å². The summed E-state index contributed by atoms with van der Waals surface area (Å²) in [5.41, 5.74) is 0.967. The Kier molecular flexibility index (Phi) is 4.81. The van der Waals surface area contributed by atoms with E-state index < -0.39 is 0 Å². The highest BCUT2D eigenvalue weighted by Gasteiger charge is 2.18. The van der Waals surface area contributed by atoms with Gasteiger partial charge in [-0.05, 0) is 54.7 Å². The lowest BCUT2D eigenvalue weighted by Gasteiger charge is -2.31. The highest BCUT2D eigenvalue weighted by atomic mass is 79.9. The van der Waals surface area contributed by atoms with Crippen LogP contribution in [0.4, 0.5) is 0 Å². The number of nitrogens with zero attached hydrogens (tertiary/aromatic N) is 3. The summed E-state index contributed by atoms with van der Waals surface area (Å²) in [6, 6.07) is 0. The predicted octanol–water partition coefficient (Wildman–Crippen LogP) is 2.05. The lowest BCUT2D eigenvalue weighted by molar-refractivity contribution is 0.0777. The number of piperidine rings is 1. The minimum absolute atomic E-state index is 0.343. The van der Waals surface area contributed by atoms with Crippen LogP contribution in [0, 0.1) is 12.8 Å². The first-order chi connectivity index (χ1) is 8.54. The van der Waals surface area contributed by atoms with Gasteiger partial charge in [0.25, 0.3) is 0 Å². The summed E-state index contributed by atoms with van der Waals surface area (Å²) in [4.78, 5) is 2.36. The van der Waals surface area contributed by atoms with Crippen molar-refractivity contribution in [3.63, 3.8) is 0 Å². The fraction of sp³-hybridized carbons (Fsp3) is 0.769. The molecular weight excluding hydrogens is 294 g/mol. The molecule has 0 spiro atoms. The van der Waals surface area contributed by atoms with Gasteiger partial charge in [0.15, 0.2) is 0 Å². The number of aryl methyl sites for hydroxylation is 1. The van der Waals surface area contributed by atoms with Crippen molar-refractivity contribution in [3.05, 3.63) is 16.4 Å². The Labute approximate surface area is 117 Å². The minimum Gasteiger partial charge on any atom is -0.390 e. The van der Waals surface area contributed by atoms with Gasteiger partial charge in [-0.25, -0.2) is 0 Å². The number of halogens is 1. The molecule has 5 heteroatoms. The molecule has 0 aromatic carbocycles. The summed E-state index contributed by atoms with van der Waals surface area (Å²) in [7, 11) is 0. The average molecular weight is 316 g/mol. The Hall–Kier alpha value is -0.390. The van der Waals surface area contributed by atoms with Gasteiger partial charge in [0.05, 0.1) is 22.8 Å². The molecular formula is C13H22BrN3O. The molecule has 0 unspecified atom stereocenters. The molecule has 0 aliphatic carbocycles. The maximum atomic E-state index is 10.1. The molecule has 2 heterocycles. The molecule has 0 saturated carbocycles. The Bertz CT molecular complexity index is 366. The van der Waals surface area contributed by atoms with Gasteiger partial charge >= 0.3 is 0 Å². The monoisotopic (exact) mass is 315 g/mol. The third-order valence-electron chi connectivity index (χ3n) is 3.63. The van der Waals surface area contributed by atoms with Crippen LogP contribution in [0.3, 0.4) is 0 Å². The third kappa shape index (κ3) is 3.80. The smallest absolute Gasteiger partial charge is 0.0862 e. The molecule has 1 aliphatic rings. The molecule has 1 fully saturated rings. The van der Waals surface area contributed by atoms with Gasteiger partial charge in [0.1, 0.15) is 0 Å². The molecule has 2 rings (SSSR count). The van der Waals surface area contributed by atoms with Crippen LogP contribution in [-0.2, 0) is 6.54 Å². The van der Waals surface area contributed by atoms with Crippen LogP contribution in [0.5, 0.6) is 0 Å². The summed E-state index contributed by atoms with van der Waals surface area (Å²) in [6.07, 6.45) is 4.08.